The van der Waals surface area contributed by atoms with Gasteiger partial charge in [0.25, 0.3) is 0 Å². The normalized spacial score (nSPS) is 11.2. The average molecular weight is 577 g/mol. The fraction of sp³-hybridized carbons (Fsp3) is 0.194. The highest BCUT2D eigenvalue weighted by Gasteiger charge is 2.23. The van der Waals surface area contributed by atoms with Crippen molar-refractivity contribution < 1.29 is 23.9 Å². The van der Waals surface area contributed by atoms with Crippen LogP contribution < -0.4 is 15.0 Å². The number of nitrogens with zero attached hydrogens (tertiary/aromatic N) is 1. The van der Waals surface area contributed by atoms with Crippen molar-refractivity contribution in [2.24, 2.45) is 0 Å². The van der Waals surface area contributed by atoms with Gasteiger partial charge < -0.3 is 19.7 Å². The molecule has 0 radical (unpaired) electrons. The number of allylic oxidation sites excluding steroid dienone is 1. The van der Waals surface area contributed by atoms with E-state index in [2.05, 4.69) is 11.9 Å². The van der Waals surface area contributed by atoms with Crippen LogP contribution in [0.1, 0.15) is 34.3 Å². The predicted molar refractivity (Wildman–Crippen MR) is 170 cm³/mol. The summed E-state index contributed by atoms with van der Waals surface area (Å²) in [6.07, 6.45) is 3.07. The second-order valence-electron chi connectivity index (χ2n) is 9.87. The van der Waals surface area contributed by atoms with Gasteiger partial charge in [-0.2, -0.15) is 0 Å². The summed E-state index contributed by atoms with van der Waals surface area (Å²) in [4.78, 5) is 40.5. The molecular formula is C36H36N2O5. The summed E-state index contributed by atoms with van der Waals surface area (Å²) >= 11 is 0. The van der Waals surface area contributed by atoms with E-state index in [4.69, 9.17) is 9.47 Å². The lowest BCUT2D eigenvalue weighted by molar-refractivity contribution is -0.141. The zero-order chi connectivity index (χ0) is 30.4. The van der Waals surface area contributed by atoms with Gasteiger partial charge in [-0.3, -0.25) is 9.59 Å². The summed E-state index contributed by atoms with van der Waals surface area (Å²) in [7, 11) is 1.34. The third-order valence-electron chi connectivity index (χ3n) is 6.90. The summed E-state index contributed by atoms with van der Waals surface area (Å²) < 4.78 is 11.0. The van der Waals surface area contributed by atoms with Gasteiger partial charge in [0.2, 0.25) is 5.91 Å². The van der Waals surface area contributed by atoms with E-state index in [1.54, 1.807) is 41.3 Å². The number of amides is 1. The van der Waals surface area contributed by atoms with E-state index in [1.807, 2.05) is 78.9 Å². The number of benzene rings is 4. The number of rotatable bonds is 15. The molecule has 220 valence electrons. The van der Waals surface area contributed by atoms with Crippen molar-refractivity contribution in [3.8, 4) is 5.75 Å². The van der Waals surface area contributed by atoms with Crippen molar-refractivity contribution in [1.29, 1.82) is 0 Å². The highest BCUT2D eigenvalue weighted by atomic mass is 16.5. The Morgan fingerprint density at radius 3 is 2.19 bits per heavy atom. The average Bonchev–Trinajstić information content (AvgIpc) is 3.06. The van der Waals surface area contributed by atoms with Gasteiger partial charge in [-0.05, 0) is 48.4 Å². The summed E-state index contributed by atoms with van der Waals surface area (Å²) in [5.41, 5.74) is 3.29. The minimum absolute atomic E-state index is 0.0124. The van der Waals surface area contributed by atoms with Crippen molar-refractivity contribution in [3.05, 3.63) is 139 Å². The molecule has 0 aliphatic heterocycles. The molecule has 7 nitrogen and oxygen atoms in total. The van der Waals surface area contributed by atoms with Gasteiger partial charge >= 0.3 is 5.97 Å². The molecule has 4 aromatic carbocycles. The molecule has 1 N–H and O–H groups in total. The molecule has 0 aromatic heterocycles. The van der Waals surface area contributed by atoms with E-state index < -0.39 is 12.0 Å². The molecule has 7 heteroatoms. The molecule has 4 rings (SSSR count). The highest BCUT2D eigenvalue weighted by molar-refractivity contribution is 6.12. The van der Waals surface area contributed by atoms with Gasteiger partial charge in [-0.25, -0.2) is 4.79 Å². The Balaban J connectivity index is 1.40. The maximum atomic E-state index is 13.2. The lowest BCUT2D eigenvalue weighted by Crippen LogP contribution is -2.34. The number of ketones is 1. The zero-order valence-corrected chi connectivity index (χ0v) is 24.3. The maximum Gasteiger partial charge on any atom is 0.328 e. The number of ether oxygens (including phenoxy) is 2. The third kappa shape index (κ3) is 8.66. The van der Waals surface area contributed by atoms with E-state index in [0.29, 0.717) is 55.0 Å². The minimum atomic E-state index is -0.720. The second kappa shape index (κ2) is 15.7. The maximum absolute atomic E-state index is 13.2. The number of nitrogens with one attached hydrogen (secondary N) is 1. The molecular weight excluding hydrogens is 540 g/mol. The number of methoxy groups -OCH3 is 1. The molecule has 4 aromatic rings. The fourth-order valence-corrected chi connectivity index (χ4v) is 4.65. The molecule has 0 aliphatic carbocycles. The van der Waals surface area contributed by atoms with Crippen molar-refractivity contribution in [2.45, 2.75) is 25.3 Å². The van der Waals surface area contributed by atoms with E-state index in [1.165, 1.54) is 7.11 Å². The number of hydrogen-bond acceptors (Lipinski definition) is 6. The van der Waals surface area contributed by atoms with Crippen molar-refractivity contribution >= 4 is 29.0 Å². The standard InChI is InChI=1S/C36H36N2O5/c1-3-4-19-34(39)38(29-15-9-6-10-16-29)24-25-43-30-22-20-27(21-23-30)26-33(36(41)42-2)37-32-18-12-11-17-31(32)35(40)28-13-7-5-8-14-28/h3,5-18,20-23,33,37H,1,4,19,24-26H2,2H3/t33-/m0/s1. The topological polar surface area (TPSA) is 84.9 Å². The lowest BCUT2D eigenvalue weighted by atomic mass is 10.00. The number of carbonyl (C=O) groups is 3. The van der Waals surface area contributed by atoms with Crippen LogP contribution in [0.4, 0.5) is 11.4 Å². The SMILES string of the molecule is C=CCCC(=O)N(CCOc1ccc(C[C@H](Nc2ccccc2C(=O)c2ccccc2)C(=O)OC)cc1)c1ccccc1. The van der Waals surface area contributed by atoms with Crippen LogP contribution in [-0.4, -0.2) is 44.0 Å². The molecule has 0 spiro atoms. The lowest BCUT2D eigenvalue weighted by Gasteiger charge is -2.23. The van der Waals surface area contributed by atoms with E-state index in [9.17, 15) is 14.4 Å². The summed E-state index contributed by atoms with van der Waals surface area (Å²) in [6.45, 7) is 4.42. The Bertz CT molecular complexity index is 1500. The van der Waals surface area contributed by atoms with E-state index >= 15 is 0 Å². The molecule has 43 heavy (non-hydrogen) atoms. The number of anilines is 2. The Hall–Kier alpha value is -5.17. The van der Waals surface area contributed by atoms with Crippen LogP contribution in [0.5, 0.6) is 5.75 Å². The van der Waals surface area contributed by atoms with Crippen LogP contribution in [0.3, 0.4) is 0 Å². The monoisotopic (exact) mass is 576 g/mol. The molecule has 0 heterocycles. The Morgan fingerprint density at radius 2 is 1.51 bits per heavy atom. The molecule has 1 amide bonds. The van der Waals surface area contributed by atoms with Crippen molar-refractivity contribution in [2.75, 3.05) is 30.5 Å². The van der Waals surface area contributed by atoms with Crippen molar-refractivity contribution in [1.82, 2.24) is 0 Å². The number of para-hydroxylation sites is 2. The van der Waals surface area contributed by atoms with Gasteiger partial charge in [0.15, 0.2) is 5.78 Å². The molecule has 0 fully saturated rings. The van der Waals surface area contributed by atoms with Gasteiger partial charge in [0, 0.05) is 35.3 Å². The van der Waals surface area contributed by atoms with Crippen LogP contribution in [0, 0.1) is 0 Å². The van der Waals surface area contributed by atoms with Gasteiger partial charge in [0.05, 0.1) is 13.7 Å². The number of carbonyl (C=O) groups excluding carboxylic acids is 3. The summed E-state index contributed by atoms with van der Waals surface area (Å²) in [5.74, 6) is 0.0848. The van der Waals surface area contributed by atoms with Crippen molar-refractivity contribution in [3.63, 3.8) is 0 Å². The molecule has 0 aliphatic rings. The first kappa shape index (κ1) is 30.8. The van der Waals surface area contributed by atoms with Crippen LogP contribution in [0.15, 0.2) is 122 Å². The summed E-state index contributed by atoms with van der Waals surface area (Å²) in [5, 5.41) is 3.23. The first-order valence-electron chi connectivity index (χ1n) is 14.2. The van der Waals surface area contributed by atoms with Crippen LogP contribution >= 0.6 is 0 Å². The van der Waals surface area contributed by atoms with Crippen LogP contribution in [0.2, 0.25) is 0 Å². The van der Waals surface area contributed by atoms with Gasteiger partial charge in [-0.1, -0.05) is 78.9 Å². The second-order valence-corrected chi connectivity index (χ2v) is 9.87. The Kier molecular flexibility index (Phi) is 11.3. The molecule has 0 bridgehead atoms. The third-order valence-corrected chi connectivity index (χ3v) is 6.90. The first-order valence-corrected chi connectivity index (χ1v) is 14.2. The molecule has 0 unspecified atom stereocenters. The molecule has 0 saturated heterocycles. The minimum Gasteiger partial charge on any atom is -0.492 e. The van der Waals surface area contributed by atoms with Crippen LogP contribution in [0.25, 0.3) is 0 Å². The molecule has 1 atom stereocenters. The zero-order valence-electron chi connectivity index (χ0n) is 24.3. The van der Waals surface area contributed by atoms with Gasteiger partial charge in [-0.15, -0.1) is 6.58 Å². The molecule has 0 saturated carbocycles. The quantitative estimate of drug-likeness (QED) is 0.0989. The fourth-order valence-electron chi connectivity index (χ4n) is 4.65. The largest absolute Gasteiger partial charge is 0.492 e. The smallest absolute Gasteiger partial charge is 0.328 e. The predicted octanol–water partition coefficient (Wildman–Crippen LogP) is 6.49. The Morgan fingerprint density at radius 1 is 0.860 bits per heavy atom. The van der Waals surface area contributed by atoms with E-state index in [0.717, 1.165) is 11.3 Å². The first-order chi connectivity index (χ1) is 21.0. The van der Waals surface area contributed by atoms with E-state index in [-0.39, 0.29) is 11.7 Å². The summed E-state index contributed by atoms with van der Waals surface area (Å²) in [6, 6.07) is 32.4. The Labute approximate surface area is 252 Å². The number of hydrogen-bond donors (Lipinski definition) is 1. The highest BCUT2D eigenvalue weighted by Crippen LogP contribution is 2.22. The van der Waals surface area contributed by atoms with Gasteiger partial charge in [0.1, 0.15) is 18.4 Å². The number of esters is 1. The van der Waals surface area contributed by atoms with Crippen LogP contribution in [-0.2, 0) is 20.7 Å².